The average Bonchev–Trinajstić information content (AvgIpc) is 2.92. The molecule has 0 radical (unpaired) electrons. The largest absolute Gasteiger partial charge is 0.465 e. The van der Waals surface area contributed by atoms with Gasteiger partial charge in [-0.15, -0.1) is 0 Å². The third-order valence-corrected chi connectivity index (χ3v) is 4.81. The van der Waals surface area contributed by atoms with Crippen molar-refractivity contribution in [1.82, 2.24) is 14.7 Å². The van der Waals surface area contributed by atoms with Crippen LogP contribution in [-0.4, -0.2) is 39.8 Å². The van der Waals surface area contributed by atoms with Crippen LogP contribution in [-0.2, 0) is 9.53 Å². The molecule has 1 aromatic heterocycles. The summed E-state index contributed by atoms with van der Waals surface area (Å²) in [5, 5.41) is 3.25. The highest BCUT2D eigenvalue weighted by Crippen LogP contribution is 2.22. The number of likely N-dealkylation sites (N-methyl/N-ethyl adjacent to an activating group) is 1. The van der Waals surface area contributed by atoms with E-state index in [0.29, 0.717) is 6.61 Å². The van der Waals surface area contributed by atoms with Gasteiger partial charge < -0.3 is 10.1 Å². The summed E-state index contributed by atoms with van der Waals surface area (Å²) in [6, 6.07) is 0. The Morgan fingerprint density at radius 1 is 1.50 bits per heavy atom. The van der Waals surface area contributed by atoms with Crippen LogP contribution in [0.2, 0.25) is 0 Å². The standard InChI is InChI=1S/C13H23N3O2S2/c1-4-15-13(3,11(17)18-5-2)8-6-7-9-19-12-14-10-16-20-12/h10,15H,4-9H2,1-3H3. The fourth-order valence-electron chi connectivity index (χ4n) is 1.91. The number of aromatic nitrogens is 2. The summed E-state index contributed by atoms with van der Waals surface area (Å²) in [6.45, 7) is 6.94. The van der Waals surface area contributed by atoms with E-state index < -0.39 is 5.54 Å². The Labute approximate surface area is 129 Å². The van der Waals surface area contributed by atoms with Crippen molar-refractivity contribution < 1.29 is 9.53 Å². The van der Waals surface area contributed by atoms with Gasteiger partial charge in [-0.25, -0.2) is 4.98 Å². The highest BCUT2D eigenvalue weighted by molar-refractivity contribution is 8.00. The van der Waals surface area contributed by atoms with Gasteiger partial charge in [0.05, 0.1) is 6.61 Å². The van der Waals surface area contributed by atoms with E-state index in [1.54, 1.807) is 18.1 Å². The summed E-state index contributed by atoms with van der Waals surface area (Å²) in [5.41, 5.74) is -0.571. The first-order chi connectivity index (χ1) is 9.62. The van der Waals surface area contributed by atoms with Gasteiger partial charge in [0.25, 0.3) is 0 Å². The van der Waals surface area contributed by atoms with Crippen LogP contribution in [0.3, 0.4) is 0 Å². The smallest absolute Gasteiger partial charge is 0.326 e. The molecule has 0 spiro atoms. The number of thioether (sulfide) groups is 1. The van der Waals surface area contributed by atoms with E-state index in [2.05, 4.69) is 14.7 Å². The lowest BCUT2D eigenvalue weighted by Crippen LogP contribution is -2.50. The van der Waals surface area contributed by atoms with Crippen LogP contribution in [0, 0.1) is 0 Å². The lowest BCUT2D eigenvalue weighted by atomic mass is 9.95. The maximum atomic E-state index is 12.0. The molecule has 1 rings (SSSR count). The van der Waals surface area contributed by atoms with Crippen molar-refractivity contribution in [3.8, 4) is 0 Å². The van der Waals surface area contributed by atoms with E-state index in [-0.39, 0.29) is 5.97 Å². The summed E-state index contributed by atoms with van der Waals surface area (Å²) >= 11 is 3.14. The van der Waals surface area contributed by atoms with Crippen molar-refractivity contribution in [2.75, 3.05) is 18.9 Å². The van der Waals surface area contributed by atoms with Crippen LogP contribution in [0.4, 0.5) is 0 Å². The summed E-state index contributed by atoms with van der Waals surface area (Å²) < 4.78 is 10.1. The Morgan fingerprint density at radius 3 is 2.90 bits per heavy atom. The average molecular weight is 317 g/mol. The first-order valence-electron chi connectivity index (χ1n) is 6.94. The van der Waals surface area contributed by atoms with Gasteiger partial charge in [0.1, 0.15) is 11.9 Å². The molecular weight excluding hydrogens is 294 g/mol. The molecule has 7 heteroatoms. The first-order valence-corrected chi connectivity index (χ1v) is 8.70. The number of carbonyl (C=O) groups excluding carboxylic acids is 1. The maximum Gasteiger partial charge on any atom is 0.326 e. The minimum Gasteiger partial charge on any atom is -0.465 e. The Hall–Kier alpha value is -0.660. The lowest BCUT2D eigenvalue weighted by Gasteiger charge is -2.28. The van der Waals surface area contributed by atoms with Crippen molar-refractivity contribution in [1.29, 1.82) is 0 Å². The predicted molar refractivity (Wildman–Crippen MR) is 83.2 cm³/mol. The van der Waals surface area contributed by atoms with E-state index in [0.717, 1.165) is 35.9 Å². The molecule has 1 N–H and O–H groups in total. The number of esters is 1. The molecule has 1 aromatic rings. The number of rotatable bonds is 10. The normalized spacial score (nSPS) is 13.9. The predicted octanol–water partition coefficient (Wildman–Crippen LogP) is 2.73. The third-order valence-electron chi connectivity index (χ3n) is 2.93. The zero-order valence-electron chi connectivity index (χ0n) is 12.3. The number of nitrogens with zero attached hydrogens (tertiary/aromatic N) is 2. The summed E-state index contributed by atoms with van der Waals surface area (Å²) in [5.74, 6) is 0.846. The van der Waals surface area contributed by atoms with Crippen molar-refractivity contribution in [2.45, 2.75) is 49.9 Å². The summed E-state index contributed by atoms with van der Waals surface area (Å²) in [7, 11) is 0. The van der Waals surface area contributed by atoms with Crippen LogP contribution >= 0.6 is 23.3 Å². The van der Waals surface area contributed by atoms with Crippen LogP contribution in [0.25, 0.3) is 0 Å². The Balaban J connectivity index is 2.29. The molecule has 0 aromatic carbocycles. The number of hydrogen-bond acceptors (Lipinski definition) is 7. The van der Waals surface area contributed by atoms with Crippen LogP contribution < -0.4 is 5.32 Å². The molecule has 1 atom stereocenters. The Morgan fingerprint density at radius 2 is 2.30 bits per heavy atom. The molecule has 0 bridgehead atoms. The minimum atomic E-state index is -0.571. The Kier molecular flexibility index (Phi) is 8.09. The van der Waals surface area contributed by atoms with Gasteiger partial charge in [-0.1, -0.05) is 25.1 Å². The van der Waals surface area contributed by atoms with E-state index in [1.807, 2.05) is 20.8 Å². The SMILES string of the molecule is CCNC(C)(CCCCSc1ncns1)C(=O)OCC. The number of hydrogen-bond donors (Lipinski definition) is 1. The lowest BCUT2D eigenvalue weighted by molar-refractivity contribution is -0.150. The molecule has 0 saturated heterocycles. The fourth-order valence-corrected chi connectivity index (χ4v) is 3.42. The minimum absolute atomic E-state index is 0.154. The number of carbonyl (C=O) groups is 1. The van der Waals surface area contributed by atoms with E-state index in [9.17, 15) is 4.79 Å². The monoisotopic (exact) mass is 317 g/mol. The van der Waals surface area contributed by atoms with Gasteiger partial charge >= 0.3 is 5.97 Å². The zero-order chi connectivity index (χ0) is 14.8. The van der Waals surface area contributed by atoms with Gasteiger partial charge in [0.15, 0.2) is 4.34 Å². The molecule has 1 heterocycles. The molecule has 5 nitrogen and oxygen atoms in total. The number of unbranched alkanes of at least 4 members (excludes halogenated alkanes) is 1. The van der Waals surface area contributed by atoms with Gasteiger partial charge in [-0.2, -0.15) is 4.37 Å². The van der Waals surface area contributed by atoms with Gasteiger partial charge in [-0.05, 0) is 44.8 Å². The van der Waals surface area contributed by atoms with Crippen LogP contribution in [0.5, 0.6) is 0 Å². The molecule has 0 aliphatic carbocycles. The fraction of sp³-hybridized carbons (Fsp3) is 0.769. The molecule has 0 aliphatic heterocycles. The molecule has 0 fully saturated rings. The van der Waals surface area contributed by atoms with Gasteiger partial charge in [0.2, 0.25) is 0 Å². The van der Waals surface area contributed by atoms with Crippen LogP contribution in [0.15, 0.2) is 10.7 Å². The van der Waals surface area contributed by atoms with Gasteiger partial charge in [0, 0.05) is 5.75 Å². The molecule has 0 amide bonds. The molecule has 20 heavy (non-hydrogen) atoms. The van der Waals surface area contributed by atoms with Crippen molar-refractivity contribution >= 4 is 29.3 Å². The van der Waals surface area contributed by atoms with E-state index in [4.69, 9.17) is 4.74 Å². The zero-order valence-corrected chi connectivity index (χ0v) is 14.0. The third kappa shape index (κ3) is 5.76. The van der Waals surface area contributed by atoms with Gasteiger partial charge in [-0.3, -0.25) is 4.79 Å². The first kappa shape index (κ1) is 17.4. The highest BCUT2D eigenvalue weighted by atomic mass is 32.2. The highest BCUT2D eigenvalue weighted by Gasteiger charge is 2.32. The molecule has 0 aliphatic rings. The second-order valence-corrected chi connectivity index (χ2v) is 6.72. The summed E-state index contributed by atoms with van der Waals surface area (Å²) in [4.78, 5) is 16.1. The molecule has 1 unspecified atom stereocenters. The van der Waals surface area contributed by atoms with Crippen molar-refractivity contribution in [3.05, 3.63) is 6.33 Å². The second-order valence-electron chi connectivity index (χ2n) is 4.60. The van der Waals surface area contributed by atoms with Crippen molar-refractivity contribution in [3.63, 3.8) is 0 Å². The van der Waals surface area contributed by atoms with Crippen LogP contribution in [0.1, 0.15) is 40.0 Å². The quantitative estimate of drug-likeness (QED) is 0.407. The topological polar surface area (TPSA) is 64.1 Å². The Bertz CT molecular complexity index is 387. The van der Waals surface area contributed by atoms with Crippen molar-refractivity contribution in [2.24, 2.45) is 0 Å². The molecule has 0 saturated carbocycles. The second kappa shape index (κ2) is 9.31. The molecular formula is C13H23N3O2S2. The summed E-state index contributed by atoms with van der Waals surface area (Å²) in [6.07, 6.45) is 4.39. The maximum absolute atomic E-state index is 12.0. The molecule has 114 valence electrons. The number of nitrogens with one attached hydrogen (secondary N) is 1. The number of ether oxygens (including phenoxy) is 1. The van der Waals surface area contributed by atoms with E-state index in [1.165, 1.54) is 11.5 Å². The van der Waals surface area contributed by atoms with E-state index >= 15 is 0 Å².